The maximum absolute atomic E-state index is 12.5. The molecule has 78 valence electrons. The van der Waals surface area contributed by atoms with Gasteiger partial charge >= 0.3 is 0 Å². The van der Waals surface area contributed by atoms with Crippen LogP contribution in [0.15, 0.2) is 6.20 Å². The van der Waals surface area contributed by atoms with Crippen LogP contribution in [0.4, 0.5) is 8.78 Å². The van der Waals surface area contributed by atoms with Gasteiger partial charge in [-0.3, -0.25) is 4.98 Å². The van der Waals surface area contributed by atoms with Crippen LogP contribution in [0.5, 0.6) is 5.75 Å². The number of methoxy groups -OCH3 is 1. The van der Waals surface area contributed by atoms with Crippen LogP contribution < -0.4 is 4.74 Å². The molecule has 0 saturated heterocycles. The third-order valence-corrected chi connectivity index (χ3v) is 2.19. The zero-order valence-electron chi connectivity index (χ0n) is 7.85. The Morgan fingerprint density at radius 1 is 1.57 bits per heavy atom. The van der Waals surface area contributed by atoms with Crippen molar-refractivity contribution in [1.29, 1.82) is 0 Å². The fourth-order valence-electron chi connectivity index (χ4n) is 1.19. The van der Waals surface area contributed by atoms with Gasteiger partial charge in [0.2, 0.25) is 0 Å². The number of ether oxygens (including phenoxy) is 1. The summed E-state index contributed by atoms with van der Waals surface area (Å²) in [5.74, 6) is 0.229. The Bertz CT molecular complexity index is 331. The fourth-order valence-corrected chi connectivity index (χ4v) is 1.52. The van der Waals surface area contributed by atoms with E-state index in [1.807, 2.05) is 0 Å². The topological polar surface area (TPSA) is 22.1 Å². The van der Waals surface area contributed by atoms with E-state index in [1.165, 1.54) is 13.3 Å². The Kier molecular flexibility index (Phi) is 3.63. The van der Waals surface area contributed by atoms with Crippen LogP contribution in [0.25, 0.3) is 0 Å². The fraction of sp³-hybridized carbons (Fsp3) is 0.444. The van der Waals surface area contributed by atoms with E-state index in [2.05, 4.69) is 4.98 Å². The highest BCUT2D eigenvalue weighted by Crippen LogP contribution is 2.32. The molecule has 0 radical (unpaired) electrons. The van der Waals surface area contributed by atoms with Gasteiger partial charge in [-0.1, -0.05) is 0 Å². The van der Waals surface area contributed by atoms with Crippen molar-refractivity contribution in [3.63, 3.8) is 0 Å². The van der Waals surface area contributed by atoms with Gasteiger partial charge in [-0.05, 0) is 12.5 Å². The summed E-state index contributed by atoms with van der Waals surface area (Å²) in [5.41, 5.74) is 0.967. The second-order valence-corrected chi connectivity index (χ2v) is 3.04. The van der Waals surface area contributed by atoms with Gasteiger partial charge in [-0.15, -0.1) is 11.6 Å². The van der Waals surface area contributed by atoms with Crippen molar-refractivity contribution < 1.29 is 13.5 Å². The van der Waals surface area contributed by atoms with E-state index in [9.17, 15) is 8.78 Å². The summed E-state index contributed by atoms with van der Waals surface area (Å²) >= 11 is 5.64. The first-order valence-corrected chi connectivity index (χ1v) is 4.51. The lowest BCUT2D eigenvalue weighted by molar-refractivity contribution is 0.141. The number of aryl methyl sites for hydroxylation is 1. The normalized spacial score (nSPS) is 10.7. The Balaban J connectivity index is 3.33. The molecule has 0 spiro atoms. The number of hydrogen-bond acceptors (Lipinski definition) is 2. The highest BCUT2D eigenvalue weighted by atomic mass is 35.5. The lowest BCUT2D eigenvalue weighted by Crippen LogP contribution is -2.01. The Hall–Kier alpha value is -0.900. The van der Waals surface area contributed by atoms with Crippen molar-refractivity contribution in [2.45, 2.75) is 19.2 Å². The smallest absolute Gasteiger partial charge is 0.284 e. The number of rotatable bonds is 3. The maximum atomic E-state index is 12.5. The summed E-state index contributed by atoms with van der Waals surface area (Å²) in [6.45, 7) is 1.75. The summed E-state index contributed by atoms with van der Waals surface area (Å²) in [6, 6.07) is 0. The molecule has 1 aromatic heterocycles. The maximum Gasteiger partial charge on any atom is 0.284 e. The summed E-state index contributed by atoms with van der Waals surface area (Å²) in [7, 11) is 1.33. The summed E-state index contributed by atoms with van der Waals surface area (Å²) < 4.78 is 29.8. The first kappa shape index (κ1) is 11.2. The summed E-state index contributed by atoms with van der Waals surface area (Å²) in [6.07, 6.45) is -1.27. The van der Waals surface area contributed by atoms with Crippen molar-refractivity contribution in [1.82, 2.24) is 4.98 Å². The van der Waals surface area contributed by atoms with Crippen molar-refractivity contribution in [3.8, 4) is 5.75 Å². The number of pyridine rings is 1. The van der Waals surface area contributed by atoms with Crippen molar-refractivity contribution in [2.24, 2.45) is 0 Å². The van der Waals surface area contributed by atoms with Gasteiger partial charge in [-0.2, -0.15) is 0 Å². The molecule has 14 heavy (non-hydrogen) atoms. The van der Waals surface area contributed by atoms with E-state index in [-0.39, 0.29) is 17.3 Å². The van der Waals surface area contributed by atoms with E-state index < -0.39 is 6.43 Å². The highest BCUT2D eigenvalue weighted by Gasteiger charge is 2.19. The Labute approximate surface area is 85.9 Å². The van der Waals surface area contributed by atoms with E-state index >= 15 is 0 Å². The Morgan fingerprint density at radius 2 is 2.21 bits per heavy atom. The monoisotopic (exact) mass is 221 g/mol. The van der Waals surface area contributed by atoms with Crippen LogP contribution in [0.3, 0.4) is 0 Å². The van der Waals surface area contributed by atoms with E-state index in [4.69, 9.17) is 16.3 Å². The molecule has 0 unspecified atom stereocenters. The molecule has 0 atom stereocenters. The molecule has 0 aromatic carbocycles. The van der Waals surface area contributed by atoms with Crippen LogP contribution in [0, 0.1) is 6.92 Å². The number of nitrogens with zero attached hydrogens (tertiary/aromatic N) is 1. The van der Waals surface area contributed by atoms with Gasteiger partial charge in [-0.25, -0.2) is 8.78 Å². The molecule has 1 rings (SSSR count). The van der Waals surface area contributed by atoms with E-state index in [1.54, 1.807) is 6.92 Å². The number of aromatic nitrogens is 1. The van der Waals surface area contributed by atoms with Crippen molar-refractivity contribution in [3.05, 3.63) is 23.0 Å². The third kappa shape index (κ3) is 1.95. The molecule has 0 aliphatic heterocycles. The highest BCUT2D eigenvalue weighted by molar-refractivity contribution is 6.17. The minimum absolute atomic E-state index is 0.0926. The molecule has 0 aliphatic carbocycles. The average Bonchev–Trinajstić information content (AvgIpc) is 2.16. The molecule has 0 bridgehead atoms. The van der Waals surface area contributed by atoms with Gasteiger partial charge in [0.15, 0.2) is 5.75 Å². The van der Waals surface area contributed by atoms with Crippen LogP contribution >= 0.6 is 11.6 Å². The van der Waals surface area contributed by atoms with Gasteiger partial charge in [0, 0.05) is 11.8 Å². The second-order valence-electron chi connectivity index (χ2n) is 2.77. The second kappa shape index (κ2) is 4.55. The van der Waals surface area contributed by atoms with Crippen molar-refractivity contribution in [2.75, 3.05) is 7.11 Å². The average molecular weight is 222 g/mol. The summed E-state index contributed by atoms with van der Waals surface area (Å²) in [5, 5.41) is 0. The minimum Gasteiger partial charge on any atom is -0.494 e. The third-order valence-electron chi connectivity index (χ3n) is 1.92. The largest absolute Gasteiger partial charge is 0.494 e. The molecule has 0 fully saturated rings. The van der Waals surface area contributed by atoms with E-state index in [0.29, 0.717) is 5.56 Å². The SMILES string of the molecule is COc1c(C(F)F)ncc(C)c1CCl. The minimum atomic E-state index is -2.65. The van der Waals surface area contributed by atoms with Crippen LogP contribution in [-0.2, 0) is 5.88 Å². The van der Waals surface area contributed by atoms with Gasteiger partial charge in [0.1, 0.15) is 5.69 Å². The molecule has 0 saturated carbocycles. The molecule has 0 amide bonds. The van der Waals surface area contributed by atoms with E-state index in [0.717, 1.165) is 5.56 Å². The lowest BCUT2D eigenvalue weighted by atomic mass is 10.1. The van der Waals surface area contributed by atoms with Gasteiger partial charge in [0.05, 0.1) is 13.0 Å². The zero-order valence-corrected chi connectivity index (χ0v) is 8.61. The molecule has 0 N–H and O–H groups in total. The molecule has 5 heteroatoms. The summed E-state index contributed by atoms with van der Waals surface area (Å²) in [4.78, 5) is 3.62. The quantitative estimate of drug-likeness (QED) is 0.732. The van der Waals surface area contributed by atoms with Crippen LogP contribution in [0.1, 0.15) is 23.2 Å². The van der Waals surface area contributed by atoms with Crippen LogP contribution in [-0.4, -0.2) is 12.1 Å². The predicted octanol–water partition coefficient (Wildman–Crippen LogP) is 3.08. The number of alkyl halides is 3. The number of halogens is 3. The van der Waals surface area contributed by atoms with Gasteiger partial charge in [0.25, 0.3) is 6.43 Å². The molecule has 2 nitrogen and oxygen atoms in total. The first-order valence-electron chi connectivity index (χ1n) is 3.98. The van der Waals surface area contributed by atoms with Gasteiger partial charge < -0.3 is 4.74 Å². The zero-order chi connectivity index (χ0) is 10.7. The standard InChI is InChI=1S/C9H10ClF2NO/c1-5-4-13-7(9(11)12)8(14-2)6(5)3-10/h4,9H,3H2,1-2H3. The van der Waals surface area contributed by atoms with Crippen molar-refractivity contribution >= 4 is 11.6 Å². The number of hydrogen-bond donors (Lipinski definition) is 0. The van der Waals surface area contributed by atoms with Crippen LogP contribution in [0.2, 0.25) is 0 Å². The first-order chi connectivity index (χ1) is 6.61. The molecular formula is C9H10ClF2NO. The lowest BCUT2D eigenvalue weighted by Gasteiger charge is -2.12. The molecule has 1 aromatic rings. The molecular weight excluding hydrogens is 212 g/mol. The molecule has 1 heterocycles. The molecule has 0 aliphatic rings. The predicted molar refractivity (Wildman–Crippen MR) is 50.0 cm³/mol. The Morgan fingerprint density at radius 3 is 2.64 bits per heavy atom.